The Labute approximate surface area is 221 Å². The smallest absolute Gasteiger partial charge is 0.174 e. The summed E-state index contributed by atoms with van der Waals surface area (Å²) < 4.78 is 13.5. The standard InChI is InChI=1S/C28H27ClN4O2S/c1-17-15-20(18(2)32(17)23-11-6-5-9-21(23)29)27-26(22-10-7-8-14-30-22)31-28(36)33(27)24-16-19(34-3)12-13-25(24)35-4/h5-16,26-27H,1-4H3,(H,31,36)/t26-,27-/m1/s1. The normalized spacial score (nSPS) is 17.2. The molecule has 5 rings (SSSR count). The van der Waals surface area contributed by atoms with Gasteiger partial charge in [0.25, 0.3) is 0 Å². The Bertz CT molecular complexity index is 1420. The van der Waals surface area contributed by atoms with E-state index in [0.29, 0.717) is 15.9 Å². The summed E-state index contributed by atoms with van der Waals surface area (Å²) >= 11 is 12.5. The second kappa shape index (κ2) is 9.84. The number of rotatable bonds is 6. The Kier molecular flexibility index (Phi) is 6.60. The van der Waals surface area contributed by atoms with Crippen molar-refractivity contribution in [2.45, 2.75) is 25.9 Å². The highest BCUT2D eigenvalue weighted by molar-refractivity contribution is 7.80. The van der Waals surface area contributed by atoms with E-state index >= 15 is 0 Å². The molecule has 0 bridgehead atoms. The number of methoxy groups -OCH3 is 2. The maximum atomic E-state index is 6.61. The summed E-state index contributed by atoms with van der Waals surface area (Å²) in [7, 11) is 3.31. The van der Waals surface area contributed by atoms with Crippen molar-refractivity contribution in [3.05, 3.63) is 101 Å². The Morgan fingerprint density at radius 3 is 2.42 bits per heavy atom. The SMILES string of the molecule is COc1ccc(OC)c(N2C(=S)N[C@H](c3ccccn3)[C@H]2c2cc(C)n(-c3ccccc3Cl)c2C)c1. The first-order chi connectivity index (χ1) is 17.4. The molecule has 36 heavy (non-hydrogen) atoms. The quantitative estimate of drug-likeness (QED) is 0.301. The minimum absolute atomic E-state index is 0.185. The number of hydrogen-bond acceptors (Lipinski definition) is 4. The van der Waals surface area contributed by atoms with Gasteiger partial charge in [-0.1, -0.05) is 29.8 Å². The largest absolute Gasteiger partial charge is 0.497 e. The number of anilines is 1. The van der Waals surface area contributed by atoms with Crippen LogP contribution in [0.25, 0.3) is 5.69 Å². The number of ether oxygens (including phenoxy) is 2. The topological polar surface area (TPSA) is 51.6 Å². The predicted molar refractivity (Wildman–Crippen MR) is 148 cm³/mol. The van der Waals surface area contributed by atoms with Gasteiger partial charge in [-0.2, -0.15) is 0 Å². The molecular weight excluding hydrogens is 492 g/mol. The van der Waals surface area contributed by atoms with E-state index in [1.807, 2.05) is 60.7 Å². The molecule has 0 unspecified atom stereocenters. The molecule has 8 heteroatoms. The molecule has 6 nitrogen and oxygen atoms in total. The van der Waals surface area contributed by atoms with Crippen LogP contribution in [-0.2, 0) is 0 Å². The molecule has 2 atom stereocenters. The van der Waals surface area contributed by atoms with Gasteiger partial charge in [0, 0.05) is 23.7 Å². The van der Waals surface area contributed by atoms with Crippen LogP contribution >= 0.6 is 23.8 Å². The van der Waals surface area contributed by atoms with E-state index in [1.165, 1.54) is 0 Å². The van der Waals surface area contributed by atoms with Crippen molar-refractivity contribution >= 4 is 34.6 Å². The first-order valence-electron chi connectivity index (χ1n) is 11.6. The average molecular weight is 519 g/mol. The summed E-state index contributed by atoms with van der Waals surface area (Å²) in [6.45, 7) is 4.20. The molecule has 1 N–H and O–H groups in total. The van der Waals surface area contributed by atoms with Crippen molar-refractivity contribution in [2.75, 3.05) is 19.1 Å². The van der Waals surface area contributed by atoms with Crippen LogP contribution in [0, 0.1) is 13.8 Å². The predicted octanol–water partition coefficient (Wildman–Crippen LogP) is 6.34. The van der Waals surface area contributed by atoms with E-state index < -0.39 is 0 Å². The molecule has 1 saturated heterocycles. The Morgan fingerprint density at radius 2 is 1.72 bits per heavy atom. The lowest BCUT2D eigenvalue weighted by molar-refractivity contribution is 0.403. The van der Waals surface area contributed by atoms with Crippen LogP contribution in [0.4, 0.5) is 5.69 Å². The molecular formula is C28H27ClN4O2S. The Hall–Kier alpha value is -3.55. The second-order valence-corrected chi connectivity index (χ2v) is 9.44. The number of nitrogens with zero attached hydrogens (tertiary/aromatic N) is 3. The zero-order valence-electron chi connectivity index (χ0n) is 20.5. The molecule has 0 amide bonds. The van der Waals surface area contributed by atoms with Crippen LogP contribution < -0.4 is 19.7 Å². The van der Waals surface area contributed by atoms with E-state index in [2.05, 4.69) is 39.7 Å². The van der Waals surface area contributed by atoms with Crippen molar-refractivity contribution in [2.24, 2.45) is 0 Å². The molecule has 0 radical (unpaired) electrons. The minimum atomic E-state index is -0.198. The van der Waals surface area contributed by atoms with Gasteiger partial charge in [-0.25, -0.2) is 0 Å². The fourth-order valence-electron chi connectivity index (χ4n) is 5.01. The number of halogens is 1. The van der Waals surface area contributed by atoms with Crippen LogP contribution in [0.1, 0.15) is 34.7 Å². The van der Waals surface area contributed by atoms with Gasteiger partial charge in [0.2, 0.25) is 0 Å². The van der Waals surface area contributed by atoms with Crippen molar-refractivity contribution in [1.29, 1.82) is 0 Å². The second-order valence-electron chi connectivity index (χ2n) is 8.65. The molecule has 3 heterocycles. The third-order valence-corrected chi connectivity index (χ3v) is 7.26. The molecule has 184 valence electrons. The van der Waals surface area contributed by atoms with Crippen molar-refractivity contribution in [3.63, 3.8) is 0 Å². The average Bonchev–Trinajstić information content (AvgIpc) is 3.39. The summed E-state index contributed by atoms with van der Waals surface area (Å²) in [6, 6.07) is 21.3. The lowest BCUT2D eigenvalue weighted by Crippen LogP contribution is -2.30. The summed E-state index contributed by atoms with van der Waals surface area (Å²) in [5.74, 6) is 1.42. The van der Waals surface area contributed by atoms with Gasteiger partial charge in [0.15, 0.2) is 5.11 Å². The summed E-state index contributed by atoms with van der Waals surface area (Å²) in [4.78, 5) is 6.78. The summed E-state index contributed by atoms with van der Waals surface area (Å²) in [6.07, 6.45) is 1.80. The molecule has 2 aromatic heterocycles. The van der Waals surface area contributed by atoms with E-state index in [0.717, 1.165) is 39.8 Å². The molecule has 0 spiro atoms. The number of nitrogens with one attached hydrogen (secondary N) is 1. The van der Waals surface area contributed by atoms with E-state index in [4.69, 9.17) is 33.3 Å². The zero-order chi connectivity index (χ0) is 25.4. The highest BCUT2D eigenvalue weighted by atomic mass is 35.5. The molecule has 1 fully saturated rings. The van der Waals surface area contributed by atoms with Gasteiger partial charge >= 0.3 is 0 Å². The maximum Gasteiger partial charge on any atom is 0.174 e. The van der Waals surface area contributed by atoms with E-state index in [-0.39, 0.29) is 12.1 Å². The monoisotopic (exact) mass is 518 g/mol. The van der Waals surface area contributed by atoms with Crippen molar-refractivity contribution in [1.82, 2.24) is 14.9 Å². The number of para-hydroxylation sites is 1. The number of pyridine rings is 1. The van der Waals surface area contributed by atoms with Crippen LogP contribution in [0.2, 0.25) is 5.02 Å². The number of hydrogen-bond donors (Lipinski definition) is 1. The van der Waals surface area contributed by atoms with Gasteiger partial charge < -0.3 is 24.3 Å². The Balaban J connectivity index is 1.73. The molecule has 0 aliphatic carbocycles. The van der Waals surface area contributed by atoms with Gasteiger partial charge in [0.1, 0.15) is 11.5 Å². The van der Waals surface area contributed by atoms with Crippen molar-refractivity contribution < 1.29 is 9.47 Å². The van der Waals surface area contributed by atoms with Gasteiger partial charge in [0.05, 0.1) is 48.4 Å². The van der Waals surface area contributed by atoms with E-state index in [1.54, 1.807) is 20.4 Å². The highest BCUT2D eigenvalue weighted by Gasteiger charge is 2.43. The fraction of sp³-hybridized carbons (Fsp3) is 0.214. The van der Waals surface area contributed by atoms with Crippen LogP contribution in [0.3, 0.4) is 0 Å². The molecule has 1 aliphatic rings. The minimum Gasteiger partial charge on any atom is -0.497 e. The fourth-order valence-corrected chi connectivity index (χ4v) is 5.57. The zero-order valence-corrected chi connectivity index (χ0v) is 22.1. The first kappa shape index (κ1) is 24.2. The maximum absolute atomic E-state index is 6.61. The summed E-state index contributed by atoms with van der Waals surface area (Å²) in [5.41, 5.74) is 5.92. The number of thiocarbonyl (C=S) groups is 1. The lowest BCUT2D eigenvalue weighted by Gasteiger charge is -2.29. The molecule has 0 saturated carbocycles. The number of aromatic nitrogens is 2. The Morgan fingerprint density at radius 1 is 0.944 bits per heavy atom. The van der Waals surface area contributed by atoms with Crippen LogP contribution in [-0.4, -0.2) is 28.9 Å². The van der Waals surface area contributed by atoms with Gasteiger partial charge in [-0.05, 0) is 74.1 Å². The molecule has 1 aliphatic heterocycles. The lowest BCUT2D eigenvalue weighted by atomic mass is 9.96. The summed E-state index contributed by atoms with van der Waals surface area (Å²) in [5, 5.41) is 4.81. The first-order valence-corrected chi connectivity index (χ1v) is 12.4. The van der Waals surface area contributed by atoms with Crippen LogP contribution in [0.5, 0.6) is 11.5 Å². The molecule has 2 aromatic carbocycles. The van der Waals surface area contributed by atoms with Crippen LogP contribution in [0.15, 0.2) is 72.9 Å². The van der Waals surface area contributed by atoms with Gasteiger partial charge in [-0.3, -0.25) is 4.98 Å². The third kappa shape index (κ3) is 4.08. The number of aryl methyl sites for hydroxylation is 1. The van der Waals surface area contributed by atoms with E-state index in [9.17, 15) is 0 Å². The number of benzene rings is 2. The highest BCUT2D eigenvalue weighted by Crippen LogP contribution is 2.47. The van der Waals surface area contributed by atoms with Gasteiger partial charge in [-0.15, -0.1) is 0 Å². The van der Waals surface area contributed by atoms with Crippen molar-refractivity contribution in [3.8, 4) is 17.2 Å². The third-order valence-electron chi connectivity index (χ3n) is 6.63. The molecule has 4 aromatic rings.